The second-order valence-corrected chi connectivity index (χ2v) is 3.42. The quantitative estimate of drug-likeness (QED) is 0.635. The summed E-state index contributed by atoms with van der Waals surface area (Å²) in [6, 6.07) is 4.49. The number of carboxylic acid groups (broad SMARTS) is 1. The molecule has 0 spiro atoms. The van der Waals surface area contributed by atoms with E-state index in [0.29, 0.717) is 5.69 Å². The summed E-state index contributed by atoms with van der Waals surface area (Å²) in [6.07, 6.45) is -0.229. The topological polar surface area (TPSA) is 96.2 Å². The van der Waals surface area contributed by atoms with Gasteiger partial charge >= 0.3 is 5.97 Å². The van der Waals surface area contributed by atoms with Gasteiger partial charge in [-0.1, -0.05) is 6.07 Å². The van der Waals surface area contributed by atoms with E-state index in [1.807, 2.05) is 0 Å². The van der Waals surface area contributed by atoms with Gasteiger partial charge in [-0.2, -0.15) is 0 Å². The van der Waals surface area contributed by atoms with Crippen molar-refractivity contribution in [2.75, 3.05) is 0 Å². The summed E-state index contributed by atoms with van der Waals surface area (Å²) in [5.41, 5.74) is 4.84. The van der Waals surface area contributed by atoms with Crippen LogP contribution in [0.4, 0.5) is 0 Å². The highest BCUT2D eigenvalue weighted by molar-refractivity contribution is 5.68. The number of rotatable bonds is 3. The predicted octanol–water partition coefficient (Wildman–Crippen LogP) is 0.0235. The number of H-pyrrole nitrogens is 1. The van der Waals surface area contributed by atoms with Crippen molar-refractivity contribution in [2.45, 2.75) is 18.9 Å². The Balaban J connectivity index is 3.03. The number of aromatic nitrogens is 1. The summed E-state index contributed by atoms with van der Waals surface area (Å²) >= 11 is 0. The lowest BCUT2D eigenvalue weighted by Crippen LogP contribution is -2.37. The maximum absolute atomic E-state index is 11.0. The van der Waals surface area contributed by atoms with Gasteiger partial charge in [0.1, 0.15) is 0 Å². The van der Waals surface area contributed by atoms with Crippen LogP contribution in [-0.2, 0) is 10.3 Å². The molecular weight excluding hydrogens is 184 g/mol. The molecule has 0 amide bonds. The molecule has 0 aliphatic rings. The van der Waals surface area contributed by atoms with Crippen LogP contribution >= 0.6 is 0 Å². The van der Waals surface area contributed by atoms with E-state index in [2.05, 4.69) is 4.98 Å². The van der Waals surface area contributed by atoms with Crippen LogP contribution in [0.3, 0.4) is 0 Å². The predicted molar refractivity (Wildman–Crippen MR) is 50.9 cm³/mol. The average Bonchev–Trinajstić information content (AvgIpc) is 2.01. The Morgan fingerprint density at radius 2 is 2.29 bits per heavy atom. The third-order valence-electron chi connectivity index (χ3n) is 1.90. The number of carbonyl (C=O) groups is 1. The van der Waals surface area contributed by atoms with Gasteiger partial charge in [0, 0.05) is 11.8 Å². The molecule has 76 valence electrons. The zero-order valence-corrected chi connectivity index (χ0v) is 7.78. The molecule has 0 radical (unpaired) electrons. The standard InChI is InChI=1S/C9H12N2O3/c1-9(10,5-8(13)14)6-3-2-4-7(12)11-6/h2-4H,5,10H2,1H3,(H,11,12)(H,13,14). The van der Waals surface area contributed by atoms with Gasteiger partial charge < -0.3 is 15.8 Å². The molecule has 0 saturated carbocycles. The maximum atomic E-state index is 11.0. The molecule has 5 nitrogen and oxygen atoms in total. The summed E-state index contributed by atoms with van der Waals surface area (Å²) in [7, 11) is 0. The Morgan fingerprint density at radius 1 is 1.64 bits per heavy atom. The maximum Gasteiger partial charge on any atom is 0.305 e. The molecule has 0 bridgehead atoms. The molecule has 1 unspecified atom stereocenters. The molecule has 0 fully saturated rings. The number of aromatic amines is 1. The minimum Gasteiger partial charge on any atom is -0.481 e. The van der Waals surface area contributed by atoms with Crippen LogP contribution in [0.15, 0.2) is 23.0 Å². The Hall–Kier alpha value is -1.62. The van der Waals surface area contributed by atoms with Gasteiger partial charge in [0.15, 0.2) is 0 Å². The summed E-state index contributed by atoms with van der Waals surface area (Å²) in [6.45, 7) is 1.56. The first-order chi connectivity index (χ1) is 6.42. The van der Waals surface area contributed by atoms with Gasteiger partial charge in [0.25, 0.3) is 0 Å². The number of carboxylic acids is 1. The first kappa shape index (κ1) is 10.5. The minimum absolute atomic E-state index is 0.229. The minimum atomic E-state index is -1.05. The average molecular weight is 196 g/mol. The number of nitrogens with two attached hydrogens (primary N) is 1. The third kappa shape index (κ3) is 2.43. The van der Waals surface area contributed by atoms with Crippen molar-refractivity contribution >= 4 is 5.97 Å². The lowest BCUT2D eigenvalue weighted by Gasteiger charge is -2.21. The van der Waals surface area contributed by atoms with E-state index in [1.54, 1.807) is 19.1 Å². The second kappa shape index (κ2) is 3.63. The van der Waals surface area contributed by atoms with Crippen molar-refractivity contribution in [3.8, 4) is 0 Å². The Kier molecular flexibility index (Phi) is 2.71. The third-order valence-corrected chi connectivity index (χ3v) is 1.90. The molecule has 1 atom stereocenters. The molecule has 0 saturated heterocycles. The fourth-order valence-corrected chi connectivity index (χ4v) is 1.19. The molecule has 0 aromatic carbocycles. The van der Waals surface area contributed by atoms with Crippen molar-refractivity contribution in [3.63, 3.8) is 0 Å². The van der Waals surface area contributed by atoms with Crippen LogP contribution in [0.2, 0.25) is 0 Å². The molecule has 14 heavy (non-hydrogen) atoms. The number of hydrogen-bond donors (Lipinski definition) is 3. The van der Waals surface area contributed by atoms with E-state index in [9.17, 15) is 9.59 Å². The molecule has 1 heterocycles. The number of pyridine rings is 1. The smallest absolute Gasteiger partial charge is 0.305 e. The summed E-state index contributed by atoms with van der Waals surface area (Å²) in [4.78, 5) is 24.0. The molecule has 4 N–H and O–H groups in total. The van der Waals surface area contributed by atoms with Crippen LogP contribution in [0.5, 0.6) is 0 Å². The van der Waals surface area contributed by atoms with Crippen LogP contribution in [0, 0.1) is 0 Å². The van der Waals surface area contributed by atoms with Gasteiger partial charge in [0.2, 0.25) is 5.56 Å². The number of aliphatic carboxylic acids is 1. The monoisotopic (exact) mass is 196 g/mol. The van der Waals surface area contributed by atoms with E-state index in [4.69, 9.17) is 10.8 Å². The summed E-state index contributed by atoms with van der Waals surface area (Å²) in [5.74, 6) is -1.00. The molecule has 0 aliphatic heterocycles. The SMILES string of the molecule is CC(N)(CC(=O)O)c1cccc(=O)[nH]1. The van der Waals surface area contributed by atoms with E-state index < -0.39 is 11.5 Å². The zero-order chi connectivity index (χ0) is 10.8. The van der Waals surface area contributed by atoms with Crippen molar-refractivity contribution in [3.05, 3.63) is 34.2 Å². The molecule has 0 aliphatic carbocycles. The van der Waals surface area contributed by atoms with E-state index in [-0.39, 0.29) is 12.0 Å². The summed E-state index contributed by atoms with van der Waals surface area (Å²) in [5, 5.41) is 8.61. The Labute approximate surface area is 80.6 Å². The number of nitrogens with one attached hydrogen (secondary N) is 1. The van der Waals surface area contributed by atoms with Crippen LogP contribution < -0.4 is 11.3 Å². The van der Waals surface area contributed by atoms with Gasteiger partial charge in [-0.05, 0) is 13.0 Å². The highest BCUT2D eigenvalue weighted by atomic mass is 16.4. The Bertz CT molecular complexity index is 395. The molecular formula is C9H12N2O3. The molecule has 5 heteroatoms. The lowest BCUT2D eigenvalue weighted by molar-refractivity contribution is -0.138. The molecule has 1 aromatic rings. The van der Waals surface area contributed by atoms with Crippen LogP contribution in [-0.4, -0.2) is 16.1 Å². The largest absolute Gasteiger partial charge is 0.481 e. The highest BCUT2D eigenvalue weighted by Gasteiger charge is 2.25. The molecule has 1 aromatic heterocycles. The summed E-state index contributed by atoms with van der Waals surface area (Å²) < 4.78 is 0. The molecule has 1 rings (SSSR count). The van der Waals surface area contributed by atoms with Gasteiger partial charge in [-0.25, -0.2) is 0 Å². The van der Waals surface area contributed by atoms with Crippen molar-refractivity contribution in [1.29, 1.82) is 0 Å². The normalized spacial score (nSPS) is 14.7. The lowest BCUT2D eigenvalue weighted by atomic mass is 9.94. The first-order valence-corrected chi connectivity index (χ1v) is 4.12. The van der Waals surface area contributed by atoms with E-state index >= 15 is 0 Å². The van der Waals surface area contributed by atoms with Gasteiger partial charge in [-0.3, -0.25) is 9.59 Å². The van der Waals surface area contributed by atoms with Gasteiger partial charge in [-0.15, -0.1) is 0 Å². The highest BCUT2D eigenvalue weighted by Crippen LogP contribution is 2.17. The zero-order valence-electron chi connectivity index (χ0n) is 7.78. The van der Waals surface area contributed by atoms with Crippen LogP contribution in [0.25, 0.3) is 0 Å². The van der Waals surface area contributed by atoms with Crippen molar-refractivity contribution in [2.24, 2.45) is 5.73 Å². The van der Waals surface area contributed by atoms with Gasteiger partial charge in [0.05, 0.1) is 12.0 Å². The van der Waals surface area contributed by atoms with Crippen molar-refractivity contribution in [1.82, 2.24) is 4.98 Å². The van der Waals surface area contributed by atoms with Crippen molar-refractivity contribution < 1.29 is 9.90 Å². The fraction of sp³-hybridized carbons (Fsp3) is 0.333. The van der Waals surface area contributed by atoms with E-state index in [0.717, 1.165) is 0 Å². The Morgan fingerprint density at radius 3 is 2.79 bits per heavy atom. The van der Waals surface area contributed by atoms with Crippen LogP contribution in [0.1, 0.15) is 19.0 Å². The number of hydrogen-bond acceptors (Lipinski definition) is 3. The van der Waals surface area contributed by atoms with E-state index in [1.165, 1.54) is 6.07 Å². The second-order valence-electron chi connectivity index (χ2n) is 3.42. The first-order valence-electron chi connectivity index (χ1n) is 4.12. The fourth-order valence-electron chi connectivity index (χ4n) is 1.19.